The summed E-state index contributed by atoms with van der Waals surface area (Å²) in [5.41, 5.74) is 1.52. The van der Waals surface area contributed by atoms with Gasteiger partial charge in [0.15, 0.2) is 0 Å². The van der Waals surface area contributed by atoms with Crippen molar-refractivity contribution in [2.75, 3.05) is 4.90 Å². The molecule has 1 aliphatic rings. The number of carbonyl (C=O) groups excluding carboxylic acids is 2. The Balaban J connectivity index is 1.93. The fraction of sp³-hybridized carbons (Fsp3) is 0.125. The summed E-state index contributed by atoms with van der Waals surface area (Å²) in [6.45, 7) is 0. The topological polar surface area (TPSA) is 37.4 Å². The molecule has 0 aliphatic carbocycles. The monoisotopic (exact) mass is 329 g/mol. The number of hydrogen-bond acceptors (Lipinski definition) is 2. The van der Waals surface area contributed by atoms with Gasteiger partial charge in [0, 0.05) is 10.9 Å². The van der Waals surface area contributed by atoms with Gasteiger partial charge < -0.3 is 0 Å². The normalized spacial score (nSPS) is 18.6. The molecule has 1 fully saturated rings. The molecule has 4 heteroatoms. The van der Waals surface area contributed by atoms with Crippen molar-refractivity contribution in [1.29, 1.82) is 0 Å². The highest BCUT2D eigenvalue weighted by Gasteiger charge is 2.40. The van der Waals surface area contributed by atoms with E-state index in [0.717, 1.165) is 10.0 Å². The second kappa shape index (κ2) is 5.21. The number of rotatable bonds is 2. The second-order valence-corrected chi connectivity index (χ2v) is 5.63. The van der Waals surface area contributed by atoms with Gasteiger partial charge in [-0.05, 0) is 29.8 Å². The van der Waals surface area contributed by atoms with E-state index in [9.17, 15) is 9.59 Å². The Labute approximate surface area is 125 Å². The van der Waals surface area contributed by atoms with Gasteiger partial charge in [0.1, 0.15) is 0 Å². The first-order chi connectivity index (χ1) is 9.66. The van der Waals surface area contributed by atoms with Crippen LogP contribution in [0.15, 0.2) is 59.1 Å². The minimum absolute atomic E-state index is 0.147. The van der Waals surface area contributed by atoms with E-state index in [1.54, 1.807) is 12.1 Å². The standard InChI is InChI=1S/C16H12BrNO2/c17-12-6-8-13(9-7-12)18-15(19)10-14(16(18)20)11-4-2-1-3-5-11/h1-9,14H,10H2. The van der Waals surface area contributed by atoms with Crippen molar-refractivity contribution in [1.82, 2.24) is 0 Å². The lowest BCUT2D eigenvalue weighted by Gasteiger charge is -2.15. The highest BCUT2D eigenvalue weighted by atomic mass is 79.9. The lowest BCUT2D eigenvalue weighted by atomic mass is 9.98. The summed E-state index contributed by atoms with van der Waals surface area (Å²) in [7, 11) is 0. The minimum atomic E-state index is -0.368. The van der Waals surface area contributed by atoms with Gasteiger partial charge in [0.2, 0.25) is 11.8 Å². The lowest BCUT2D eigenvalue weighted by molar-refractivity contribution is -0.121. The predicted octanol–water partition coefficient (Wildman–Crippen LogP) is 3.50. The zero-order valence-corrected chi connectivity index (χ0v) is 12.2. The maximum atomic E-state index is 12.5. The van der Waals surface area contributed by atoms with Gasteiger partial charge in [-0.1, -0.05) is 46.3 Å². The summed E-state index contributed by atoms with van der Waals surface area (Å²) in [5, 5.41) is 0. The van der Waals surface area contributed by atoms with Crippen molar-refractivity contribution >= 4 is 33.4 Å². The summed E-state index contributed by atoms with van der Waals surface area (Å²) < 4.78 is 0.917. The van der Waals surface area contributed by atoms with Gasteiger partial charge >= 0.3 is 0 Å². The van der Waals surface area contributed by atoms with Gasteiger partial charge in [0.05, 0.1) is 11.6 Å². The first kappa shape index (κ1) is 13.1. The molecule has 100 valence electrons. The van der Waals surface area contributed by atoms with E-state index in [0.29, 0.717) is 5.69 Å². The molecule has 1 atom stereocenters. The Hall–Kier alpha value is -1.94. The van der Waals surface area contributed by atoms with Gasteiger partial charge in [-0.2, -0.15) is 0 Å². The number of nitrogens with zero attached hydrogens (tertiary/aromatic N) is 1. The number of anilines is 1. The molecule has 2 aromatic rings. The van der Waals surface area contributed by atoms with Crippen molar-refractivity contribution in [2.45, 2.75) is 12.3 Å². The largest absolute Gasteiger partial charge is 0.274 e. The van der Waals surface area contributed by atoms with Crippen LogP contribution < -0.4 is 4.90 Å². The van der Waals surface area contributed by atoms with Gasteiger partial charge in [-0.15, -0.1) is 0 Å². The molecule has 1 aliphatic heterocycles. The van der Waals surface area contributed by atoms with Crippen molar-refractivity contribution in [3.63, 3.8) is 0 Å². The molecule has 1 unspecified atom stereocenters. The maximum absolute atomic E-state index is 12.5. The second-order valence-electron chi connectivity index (χ2n) is 4.71. The summed E-state index contributed by atoms with van der Waals surface area (Å²) >= 11 is 3.34. The zero-order chi connectivity index (χ0) is 14.1. The number of hydrogen-bond donors (Lipinski definition) is 0. The average Bonchev–Trinajstić information content (AvgIpc) is 2.76. The van der Waals surface area contributed by atoms with Gasteiger partial charge in [0.25, 0.3) is 0 Å². The van der Waals surface area contributed by atoms with Crippen LogP contribution in [0, 0.1) is 0 Å². The Morgan fingerprint density at radius 2 is 1.60 bits per heavy atom. The Morgan fingerprint density at radius 3 is 2.25 bits per heavy atom. The Morgan fingerprint density at radius 1 is 0.950 bits per heavy atom. The number of carbonyl (C=O) groups is 2. The molecule has 20 heavy (non-hydrogen) atoms. The van der Waals surface area contributed by atoms with Crippen molar-refractivity contribution < 1.29 is 9.59 Å². The van der Waals surface area contributed by atoms with Crippen LogP contribution >= 0.6 is 15.9 Å². The summed E-state index contributed by atoms with van der Waals surface area (Å²) in [4.78, 5) is 25.9. The quantitative estimate of drug-likeness (QED) is 0.791. The molecule has 2 aromatic carbocycles. The van der Waals surface area contributed by atoms with Crippen molar-refractivity contribution in [3.05, 3.63) is 64.6 Å². The van der Waals surface area contributed by atoms with Crippen LogP contribution in [0.1, 0.15) is 17.9 Å². The maximum Gasteiger partial charge on any atom is 0.241 e. The molecular weight excluding hydrogens is 318 g/mol. The fourth-order valence-corrected chi connectivity index (χ4v) is 2.70. The highest BCUT2D eigenvalue weighted by Crippen LogP contribution is 2.33. The molecular formula is C16H12BrNO2. The average molecular weight is 330 g/mol. The molecule has 1 heterocycles. The Bertz CT molecular complexity index is 652. The molecule has 3 rings (SSSR count). The number of benzene rings is 2. The van der Waals surface area contributed by atoms with E-state index in [1.807, 2.05) is 42.5 Å². The fourth-order valence-electron chi connectivity index (χ4n) is 2.44. The van der Waals surface area contributed by atoms with Crippen LogP contribution in [0.2, 0.25) is 0 Å². The highest BCUT2D eigenvalue weighted by molar-refractivity contribution is 9.10. The predicted molar refractivity (Wildman–Crippen MR) is 80.4 cm³/mol. The molecule has 3 nitrogen and oxygen atoms in total. The van der Waals surface area contributed by atoms with Crippen LogP contribution in [0.5, 0.6) is 0 Å². The number of halogens is 1. The van der Waals surface area contributed by atoms with Crippen LogP contribution in [0.3, 0.4) is 0 Å². The molecule has 0 radical (unpaired) electrons. The molecule has 2 amide bonds. The van der Waals surface area contributed by atoms with Crippen molar-refractivity contribution in [2.24, 2.45) is 0 Å². The number of imide groups is 1. The molecule has 0 N–H and O–H groups in total. The van der Waals surface area contributed by atoms with Crippen molar-refractivity contribution in [3.8, 4) is 0 Å². The third-order valence-corrected chi connectivity index (χ3v) is 3.96. The lowest BCUT2D eigenvalue weighted by Crippen LogP contribution is -2.29. The number of amides is 2. The van der Waals surface area contributed by atoms with E-state index >= 15 is 0 Å². The smallest absolute Gasteiger partial charge is 0.241 e. The van der Waals surface area contributed by atoms with Gasteiger partial charge in [-0.25, -0.2) is 0 Å². The van der Waals surface area contributed by atoms with E-state index in [1.165, 1.54) is 4.90 Å². The van der Waals surface area contributed by atoms with Crippen LogP contribution in [0.4, 0.5) is 5.69 Å². The van der Waals surface area contributed by atoms with Gasteiger partial charge in [-0.3, -0.25) is 14.5 Å². The SMILES string of the molecule is O=C1CC(c2ccccc2)C(=O)N1c1ccc(Br)cc1. The minimum Gasteiger partial charge on any atom is -0.274 e. The van der Waals surface area contributed by atoms with E-state index in [2.05, 4.69) is 15.9 Å². The first-order valence-corrected chi connectivity index (χ1v) is 7.13. The molecule has 0 aromatic heterocycles. The third kappa shape index (κ3) is 2.27. The summed E-state index contributed by atoms with van der Waals surface area (Å²) in [6.07, 6.45) is 0.235. The zero-order valence-electron chi connectivity index (χ0n) is 10.6. The molecule has 1 saturated heterocycles. The van der Waals surface area contributed by atoms with E-state index in [4.69, 9.17) is 0 Å². The van der Waals surface area contributed by atoms with Crippen LogP contribution in [0.25, 0.3) is 0 Å². The van der Waals surface area contributed by atoms with Crippen LogP contribution in [-0.4, -0.2) is 11.8 Å². The summed E-state index contributed by atoms with van der Waals surface area (Å²) in [6, 6.07) is 16.6. The summed E-state index contributed by atoms with van der Waals surface area (Å²) in [5.74, 6) is -0.665. The molecule has 0 spiro atoms. The van der Waals surface area contributed by atoms with E-state index < -0.39 is 0 Å². The Kier molecular flexibility index (Phi) is 3.40. The molecule has 0 saturated carbocycles. The first-order valence-electron chi connectivity index (χ1n) is 6.34. The van der Waals surface area contributed by atoms with E-state index in [-0.39, 0.29) is 24.2 Å². The van der Waals surface area contributed by atoms with Crippen LogP contribution in [-0.2, 0) is 9.59 Å². The molecule has 0 bridgehead atoms. The third-order valence-electron chi connectivity index (χ3n) is 3.43.